The zero-order valence-electron chi connectivity index (χ0n) is 56.7. The minimum absolute atomic E-state index is 0.00979. The van der Waals surface area contributed by atoms with Gasteiger partial charge >= 0.3 is 45.0 Å². The van der Waals surface area contributed by atoms with Crippen molar-refractivity contribution in [1.82, 2.24) is 0 Å². The number of carbonyl (C=O) groups is 5. The Morgan fingerprint density at radius 1 is 0.440 bits per heavy atom. The van der Waals surface area contributed by atoms with Crippen LogP contribution in [-0.4, -0.2) is 191 Å². The minimum atomic E-state index is -4.59. The Kier molecular flexibility index (Phi) is 26.4. The second-order valence-electron chi connectivity index (χ2n) is 25.6. The van der Waals surface area contributed by atoms with E-state index in [1.807, 2.05) is 6.08 Å². The average molecular weight is 1430 g/mol. The predicted octanol–water partition coefficient (Wildman–Crippen LogP) is 11.1. The van der Waals surface area contributed by atoms with E-state index in [2.05, 4.69) is 6.58 Å². The first-order chi connectivity index (χ1) is 48.1. The van der Waals surface area contributed by atoms with Gasteiger partial charge in [0.05, 0.1) is 65.6 Å². The Hall–Kier alpha value is -6.87. The lowest BCUT2D eigenvalue weighted by Crippen LogP contribution is -2.66. The lowest BCUT2D eigenvalue weighted by Gasteiger charge is -2.48. The molecule has 5 fully saturated rings. The standard InChI is InChI=1S/C73H88O25P2/c1-8-9-10-11-12-13-14-30-41-86-99(80,82-6)45-56-61-64(98-73(4,5)96-61)59(53(89-56)43-85-67(76)48-33-22-16-23-34-48)94-71-65(93-70(79)51-39-28-19-29-40-51)63(92-69(78)50-37-26-18-27-38-50)58(91-68(77)49-35-24-17-25-36-49)54(90-71)44-87-100(81,83-7)46-55-60-62(97-72(2,3)95-60)57(74)52(88-55)42-84-66(75)47-31-20-15-21-32-47/h8,15-29,31-40,52-65,71,74H,1,9-14,30,41-46H2,2-7H3/t52-,53-,54-,55-,56-,57-,58+,59-,60-,61-,62+,63+,64+,65-,71+,99?,100?/m1/s1. The molecule has 0 amide bonds. The molecule has 0 spiro atoms. The maximum absolute atomic E-state index is 15.5. The fourth-order valence-electron chi connectivity index (χ4n) is 12.5. The Balaban J connectivity index is 1.02. The molecule has 10 rings (SSSR count). The fourth-order valence-corrected chi connectivity index (χ4v) is 15.5. The number of aliphatic hydroxyl groups is 1. The molecule has 540 valence electrons. The van der Waals surface area contributed by atoms with Crippen LogP contribution < -0.4 is 0 Å². The zero-order chi connectivity index (χ0) is 71.0. The largest absolute Gasteiger partial charge is 0.459 e. The lowest BCUT2D eigenvalue weighted by molar-refractivity contribution is -0.333. The number of benzene rings is 5. The highest BCUT2D eigenvalue weighted by Crippen LogP contribution is 2.54. The number of hydrogen-bond donors (Lipinski definition) is 1. The number of aliphatic hydroxyl groups excluding tert-OH is 1. The van der Waals surface area contributed by atoms with E-state index in [-0.39, 0.29) is 40.6 Å². The molecule has 0 saturated carbocycles. The molecule has 5 aliphatic rings. The van der Waals surface area contributed by atoms with Crippen molar-refractivity contribution in [3.8, 4) is 0 Å². The molecule has 5 saturated heterocycles. The summed E-state index contributed by atoms with van der Waals surface area (Å²) in [6.45, 7) is 8.49. The summed E-state index contributed by atoms with van der Waals surface area (Å²) in [5.41, 5.74) is 0.471. The van der Waals surface area contributed by atoms with Gasteiger partial charge in [-0.2, -0.15) is 0 Å². The van der Waals surface area contributed by atoms with Crippen LogP contribution in [0.2, 0.25) is 0 Å². The third-order valence-corrected chi connectivity index (χ3v) is 21.3. The second-order valence-corrected chi connectivity index (χ2v) is 30.0. The molecule has 0 radical (unpaired) electrons. The smallest absolute Gasteiger partial charge is 0.338 e. The molecular weight excluding hydrogens is 1340 g/mol. The SMILES string of the molecule is C=CCCCCCCCCOP(=O)(C[C@H]1O[C@H](COC(=O)c2ccccc2)[C@@H](O[C@@H]2O[C@H](COP(=O)(C[C@H]3O[C@H](COC(=O)c4ccccc4)[C@@H](O)[C@@H]4OC(C)(C)O[C@@H]43)OC)[C@H](OC(=O)c3ccccc3)[C@H](OC(=O)c3ccccc3)[C@H]2OC(=O)c2ccccc2)[C@@H]2OC(C)(C)O[C@@H]21)OC. The van der Waals surface area contributed by atoms with Crippen molar-refractivity contribution in [3.63, 3.8) is 0 Å². The van der Waals surface area contributed by atoms with Crippen molar-refractivity contribution < 1.29 is 118 Å². The number of rotatable bonds is 33. The first-order valence-corrected chi connectivity index (χ1v) is 37.0. The first kappa shape index (κ1) is 75.8. The monoisotopic (exact) mass is 1430 g/mol. The van der Waals surface area contributed by atoms with Crippen LogP contribution in [0.3, 0.4) is 0 Å². The fraction of sp³-hybridized carbons (Fsp3) is 0.493. The molecular formula is C73H88O25P2. The zero-order valence-corrected chi connectivity index (χ0v) is 58.5. The lowest BCUT2D eigenvalue weighted by atomic mass is 9.94. The molecule has 5 heterocycles. The van der Waals surface area contributed by atoms with Crippen LogP contribution in [0.1, 0.15) is 124 Å². The summed E-state index contributed by atoms with van der Waals surface area (Å²) in [6, 6.07) is 39.7. The molecule has 0 aromatic heterocycles. The summed E-state index contributed by atoms with van der Waals surface area (Å²) < 4.78 is 138. The van der Waals surface area contributed by atoms with Gasteiger partial charge in [0.1, 0.15) is 68.1 Å². The van der Waals surface area contributed by atoms with Crippen molar-refractivity contribution in [2.75, 3.05) is 53.0 Å². The highest BCUT2D eigenvalue weighted by molar-refractivity contribution is 7.54. The first-order valence-electron chi connectivity index (χ1n) is 33.5. The topological polar surface area (TPSA) is 297 Å². The highest BCUT2D eigenvalue weighted by Gasteiger charge is 2.62. The maximum atomic E-state index is 15.5. The summed E-state index contributed by atoms with van der Waals surface area (Å²) in [4.78, 5) is 71.4. The Morgan fingerprint density at radius 2 is 0.820 bits per heavy atom. The van der Waals surface area contributed by atoms with Crippen molar-refractivity contribution in [3.05, 3.63) is 192 Å². The molecule has 17 atom stereocenters. The summed E-state index contributed by atoms with van der Waals surface area (Å²) in [5, 5.41) is 11.7. The van der Waals surface area contributed by atoms with Crippen LogP contribution in [0.25, 0.3) is 0 Å². The molecule has 0 bridgehead atoms. The van der Waals surface area contributed by atoms with Crippen LogP contribution in [0.5, 0.6) is 0 Å². The molecule has 5 aromatic carbocycles. The van der Waals surface area contributed by atoms with Crippen molar-refractivity contribution in [2.24, 2.45) is 0 Å². The third-order valence-electron chi connectivity index (χ3n) is 17.5. The van der Waals surface area contributed by atoms with Crippen LogP contribution in [0.4, 0.5) is 0 Å². The van der Waals surface area contributed by atoms with Crippen molar-refractivity contribution in [1.29, 1.82) is 0 Å². The van der Waals surface area contributed by atoms with Gasteiger partial charge in [0, 0.05) is 14.2 Å². The van der Waals surface area contributed by atoms with Gasteiger partial charge < -0.3 is 84.8 Å². The third kappa shape index (κ3) is 19.8. The maximum Gasteiger partial charge on any atom is 0.338 e. The molecule has 25 nitrogen and oxygen atoms in total. The molecule has 5 aromatic rings. The molecule has 2 unspecified atom stereocenters. The quantitative estimate of drug-likeness (QED) is 0.0134. The van der Waals surface area contributed by atoms with Gasteiger partial charge in [0.25, 0.3) is 0 Å². The van der Waals surface area contributed by atoms with Gasteiger partial charge in [-0.05, 0) is 108 Å². The minimum Gasteiger partial charge on any atom is -0.459 e. The van der Waals surface area contributed by atoms with E-state index in [9.17, 15) is 33.6 Å². The van der Waals surface area contributed by atoms with E-state index in [1.165, 1.54) is 43.5 Å². The van der Waals surface area contributed by atoms with Gasteiger partial charge in [0.2, 0.25) is 0 Å². The van der Waals surface area contributed by atoms with E-state index >= 15 is 4.57 Å². The molecule has 0 aliphatic carbocycles. The van der Waals surface area contributed by atoms with Crippen LogP contribution in [-0.2, 0) is 88.8 Å². The molecule has 1 N–H and O–H groups in total. The second kappa shape index (κ2) is 34.9. The number of ether oxygens (including phenoxy) is 13. The van der Waals surface area contributed by atoms with E-state index in [0.29, 0.717) is 6.42 Å². The summed E-state index contributed by atoms with van der Waals surface area (Å²) in [5.74, 6) is -7.17. The number of fused-ring (bicyclic) bond motifs is 2. The van der Waals surface area contributed by atoms with E-state index < -0.39 is 174 Å². The molecule has 27 heteroatoms. The van der Waals surface area contributed by atoms with Crippen molar-refractivity contribution in [2.45, 2.75) is 176 Å². The Labute approximate surface area is 581 Å². The number of esters is 5. The normalized spacial score (nSPS) is 28.5. The summed E-state index contributed by atoms with van der Waals surface area (Å²) in [6.07, 6.45) is -14.8. The molecule has 5 aliphatic heterocycles. The van der Waals surface area contributed by atoms with Crippen LogP contribution in [0.15, 0.2) is 164 Å². The van der Waals surface area contributed by atoms with Crippen LogP contribution >= 0.6 is 15.2 Å². The van der Waals surface area contributed by atoms with E-state index in [1.54, 1.807) is 143 Å². The van der Waals surface area contributed by atoms with Gasteiger partial charge in [0.15, 0.2) is 36.2 Å². The summed E-state index contributed by atoms with van der Waals surface area (Å²) >= 11 is 0. The Bertz CT molecular complexity index is 3590. The van der Waals surface area contributed by atoms with Gasteiger partial charge in [-0.15, -0.1) is 6.58 Å². The van der Waals surface area contributed by atoms with E-state index in [0.717, 1.165) is 45.6 Å². The number of allylic oxidation sites excluding steroid dienone is 1. The van der Waals surface area contributed by atoms with Crippen LogP contribution in [0, 0.1) is 0 Å². The Morgan fingerprint density at radius 3 is 1.30 bits per heavy atom. The van der Waals surface area contributed by atoms with Crippen molar-refractivity contribution >= 4 is 45.0 Å². The summed E-state index contributed by atoms with van der Waals surface area (Å²) in [7, 11) is -6.21. The highest BCUT2D eigenvalue weighted by atomic mass is 31.2. The number of unbranched alkanes of at least 4 members (excludes halogenated alkanes) is 6. The van der Waals surface area contributed by atoms with Gasteiger partial charge in [-0.3, -0.25) is 9.13 Å². The number of carbonyl (C=O) groups excluding carboxylic acids is 5. The van der Waals surface area contributed by atoms with Gasteiger partial charge in [-0.1, -0.05) is 123 Å². The van der Waals surface area contributed by atoms with Gasteiger partial charge in [-0.25, -0.2) is 24.0 Å². The predicted molar refractivity (Wildman–Crippen MR) is 358 cm³/mol. The number of hydrogen-bond acceptors (Lipinski definition) is 25. The average Bonchev–Trinajstić information content (AvgIpc) is 1.25. The van der Waals surface area contributed by atoms with E-state index in [4.69, 9.17) is 79.7 Å². The molecule has 100 heavy (non-hydrogen) atoms.